The first kappa shape index (κ1) is 21.7. The van der Waals surface area contributed by atoms with E-state index in [1.165, 1.54) is 6.92 Å². The van der Waals surface area contributed by atoms with Crippen LogP contribution in [0.25, 0.3) is 10.1 Å². The van der Waals surface area contributed by atoms with Crippen LogP contribution in [0, 0.1) is 0 Å². The molecule has 0 N–H and O–H groups in total. The number of para-hydroxylation sites is 1. The average molecular weight is 467 g/mol. The summed E-state index contributed by atoms with van der Waals surface area (Å²) in [6.07, 6.45) is 1.41. The summed E-state index contributed by atoms with van der Waals surface area (Å²) < 4.78 is 18.1. The summed E-state index contributed by atoms with van der Waals surface area (Å²) in [5, 5.41) is 3.16. The van der Waals surface area contributed by atoms with Crippen LogP contribution in [0.15, 0.2) is 41.8 Å². The lowest BCUT2D eigenvalue weighted by Gasteiger charge is -2.40. The lowest BCUT2D eigenvalue weighted by atomic mass is 10.0. The van der Waals surface area contributed by atoms with Crippen LogP contribution in [0.4, 0.5) is 5.69 Å². The van der Waals surface area contributed by atoms with Crippen LogP contribution in [-0.2, 0) is 9.59 Å². The highest BCUT2D eigenvalue weighted by atomic mass is 32.1. The van der Waals surface area contributed by atoms with Crippen molar-refractivity contribution < 1.29 is 23.8 Å². The van der Waals surface area contributed by atoms with Crippen molar-refractivity contribution in [2.75, 3.05) is 44.3 Å². The molecule has 1 aromatic heterocycles. The molecule has 0 bridgehead atoms. The molecule has 2 aliphatic rings. The third-order valence-electron chi connectivity index (χ3n) is 6.16. The summed E-state index contributed by atoms with van der Waals surface area (Å²) in [4.78, 5) is 27.7. The van der Waals surface area contributed by atoms with E-state index < -0.39 is 0 Å². The number of ether oxygens (including phenoxy) is 3. The highest BCUT2D eigenvalue weighted by Crippen LogP contribution is 2.41. The second kappa shape index (κ2) is 9.41. The van der Waals surface area contributed by atoms with E-state index in [4.69, 9.17) is 14.2 Å². The molecule has 2 aromatic carbocycles. The Morgan fingerprint density at radius 2 is 1.97 bits per heavy atom. The third kappa shape index (κ3) is 4.41. The smallest absolute Gasteiger partial charge is 0.308 e. The molecule has 33 heavy (non-hydrogen) atoms. The van der Waals surface area contributed by atoms with Gasteiger partial charge in [0.1, 0.15) is 25.2 Å². The van der Waals surface area contributed by atoms with Gasteiger partial charge in [-0.3, -0.25) is 9.69 Å². The summed E-state index contributed by atoms with van der Waals surface area (Å²) in [5.74, 6) is 1.81. The van der Waals surface area contributed by atoms with Gasteiger partial charge in [-0.15, -0.1) is 11.3 Å². The van der Waals surface area contributed by atoms with E-state index in [9.17, 15) is 9.59 Å². The number of hydrogen-bond donors (Lipinski definition) is 0. The fourth-order valence-electron chi connectivity index (χ4n) is 4.66. The Morgan fingerprint density at radius 3 is 2.76 bits per heavy atom. The van der Waals surface area contributed by atoms with Crippen molar-refractivity contribution in [1.29, 1.82) is 0 Å². The number of nitrogens with zero attached hydrogens (tertiary/aromatic N) is 2. The molecular formula is C25H26N2O5S. The van der Waals surface area contributed by atoms with Crippen LogP contribution < -0.4 is 19.1 Å². The molecule has 0 aliphatic carbocycles. The largest absolute Gasteiger partial charge is 0.486 e. The Bertz CT molecular complexity index is 1170. The maximum atomic E-state index is 11.6. The van der Waals surface area contributed by atoms with Crippen LogP contribution in [-0.4, -0.2) is 56.5 Å². The minimum Gasteiger partial charge on any atom is -0.486 e. The van der Waals surface area contributed by atoms with Gasteiger partial charge in [0.05, 0.1) is 5.69 Å². The van der Waals surface area contributed by atoms with Crippen molar-refractivity contribution in [2.45, 2.75) is 19.4 Å². The number of aldehydes is 1. The number of anilines is 1. The molecule has 1 fully saturated rings. The molecular weight excluding hydrogens is 440 g/mol. The van der Waals surface area contributed by atoms with Crippen molar-refractivity contribution in [2.24, 2.45) is 0 Å². The Labute approximate surface area is 196 Å². The second-order valence-electron chi connectivity index (χ2n) is 8.19. The Hall–Kier alpha value is -3.10. The van der Waals surface area contributed by atoms with Gasteiger partial charge < -0.3 is 23.9 Å². The molecule has 8 heteroatoms. The first-order chi connectivity index (χ1) is 16.1. The Kier molecular flexibility index (Phi) is 6.20. The number of hydrogen-bond acceptors (Lipinski definition) is 8. The van der Waals surface area contributed by atoms with Crippen LogP contribution >= 0.6 is 11.3 Å². The fourth-order valence-corrected chi connectivity index (χ4v) is 5.65. The summed E-state index contributed by atoms with van der Waals surface area (Å²) in [7, 11) is 0. The zero-order valence-electron chi connectivity index (χ0n) is 18.5. The Morgan fingerprint density at radius 1 is 1.15 bits per heavy atom. The quantitative estimate of drug-likeness (QED) is 0.308. The standard InChI is InChI=1S/C25H26N2O5S/c1-17(29)32-18-5-6-24-19(15-18)20(16-33-24)21(7-12-28)26-8-10-27(11-9-26)22-3-2-4-23-25(22)31-14-13-30-23/h2-6,12,15-16,21H,7-11,13-14H2,1H3. The molecule has 1 saturated heterocycles. The topological polar surface area (TPSA) is 68.3 Å². The van der Waals surface area contributed by atoms with Crippen molar-refractivity contribution in [3.63, 3.8) is 0 Å². The Balaban J connectivity index is 1.37. The SMILES string of the molecule is CC(=O)Oc1ccc2scc(C(CC=O)N3CCN(c4cccc5c4OCCO5)CC3)c2c1. The fraction of sp³-hybridized carbons (Fsp3) is 0.360. The van der Waals surface area contributed by atoms with Crippen LogP contribution in [0.1, 0.15) is 24.9 Å². The first-order valence-corrected chi connectivity index (χ1v) is 12.0. The van der Waals surface area contributed by atoms with E-state index in [1.54, 1.807) is 11.3 Å². The number of carbonyl (C=O) groups is 2. The molecule has 0 amide bonds. The van der Waals surface area contributed by atoms with Gasteiger partial charge >= 0.3 is 5.97 Å². The number of rotatable bonds is 6. The number of thiophene rings is 1. The van der Waals surface area contributed by atoms with Gasteiger partial charge in [-0.25, -0.2) is 0 Å². The lowest BCUT2D eigenvalue weighted by Crippen LogP contribution is -2.48. The summed E-state index contributed by atoms with van der Waals surface area (Å²) in [6, 6.07) is 11.7. The first-order valence-electron chi connectivity index (χ1n) is 11.1. The molecule has 3 aromatic rings. The lowest BCUT2D eigenvalue weighted by molar-refractivity contribution is -0.131. The maximum absolute atomic E-state index is 11.6. The second-order valence-corrected chi connectivity index (χ2v) is 9.10. The summed E-state index contributed by atoms with van der Waals surface area (Å²) in [5.41, 5.74) is 2.17. The molecule has 3 heterocycles. The molecule has 7 nitrogen and oxygen atoms in total. The van der Waals surface area contributed by atoms with Gasteiger partial charge in [0.15, 0.2) is 11.5 Å². The minimum absolute atomic E-state index is 0.0183. The van der Waals surface area contributed by atoms with Crippen LogP contribution in [0.3, 0.4) is 0 Å². The van der Waals surface area contributed by atoms with E-state index in [-0.39, 0.29) is 12.0 Å². The average Bonchev–Trinajstić information content (AvgIpc) is 3.25. The van der Waals surface area contributed by atoms with E-state index >= 15 is 0 Å². The zero-order valence-corrected chi connectivity index (χ0v) is 19.3. The minimum atomic E-state index is -0.343. The van der Waals surface area contributed by atoms with Gasteiger partial charge in [0.2, 0.25) is 0 Å². The highest BCUT2D eigenvalue weighted by Gasteiger charge is 2.29. The molecule has 1 atom stereocenters. The molecule has 1 unspecified atom stereocenters. The van der Waals surface area contributed by atoms with Crippen molar-refractivity contribution in [3.8, 4) is 17.2 Å². The molecule has 5 rings (SSSR count). The number of benzene rings is 2. The van der Waals surface area contributed by atoms with E-state index in [0.717, 1.165) is 65.3 Å². The van der Waals surface area contributed by atoms with Crippen molar-refractivity contribution in [1.82, 2.24) is 4.90 Å². The predicted octanol–water partition coefficient (Wildman–Crippen LogP) is 4.05. The third-order valence-corrected chi connectivity index (χ3v) is 7.14. The van der Waals surface area contributed by atoms with Crippen LogP contribution in [0.2, 0.25) is 0 Å². The predicted molar refractivity (Wildman–Crippen MR) is 128 cm³/mol. The number of fused-ring (bicyclic) bond motifs is 2. The highest BCUT2D eigenvalue weighted by molar-refractivity contribution is 7.17. The molecule has 2 aliphatic heterocycles. The van der Waals surface area contributed by atoms with Gasteiger partial charge in [0, 0.05) is 55.7 Å². The van der Waals surface area contributed by atoms with Crippen molar-refractivity contribution >= 4 is 39.4 Å². The van der Waals surface area contributed by atoms with E-state index in [0.29, 0.717) is 25.4 Å². The summed E-state index contributed by atoms with van der Waals surface area (Å²) in [6.45, 7) is 5.84. The van der Waals surface area contributed by atoms with Gasteiger partial charge in [-0.1, -0.05) is 6.07 Å². The van der Waals surface area contributed by atoms with Gasteiger partial charge in [-0.2, -0.15) is 0 Å². The van der Waals surface area contributed by atoms with Gasteiger partial charge in [0.25, 0.3) is 0 Å². The summed E-state index contributed by atoms with van der Waals surface area (Å²) >= 11 is 1.65. The normalized spacial score (nSPS) is 17.1. The van der Waals surface area contributed by atoms with Crippen LogP contribution in [0.5, 0.6) is 17.2 Å². The monoisotopic (exact) mass is 466 g/mol. The van der Waals surface area contributed by atoms with E-state index in [1.807, 2.05) is 30.3 Å². The molecule has 0 radical (unpaired) electrons. The molecule has 0 spiro atoms. The number of piperazine rings is 1. The van der Waals surface area contributed by atoms with E-state index in [2.05, 4.69) is 21.2 Å². The zero-order chi connectivity index (χ0) is 22.8. The molecule has 0 saturated carbocycles. The van der Waals surface area contributed by atoms with Crippen molar-refractivity contribution in [3.05, 3.63) is 47.3 Å². The van der Waals surface area contributed by atoms with Gasteiger partial charge in [-0.05, 0) is 41.3 Å². The number of esters is 1. The maximum Gasteiger partial charge on any atom is 0.308 e. The number of carbonyl (C=O) groups excluding carboxylic acids is 2. The molecule has 172 valence electrons.